The van der Waals surface area contributed by atoms with Crippen molar-refractivity contribution in [2.45, 2.75) is 45.6 Å². The lowest BCUT2D eigenvalue weighted by Gasteiger charge is -2.41. The maximum absolute atomic E-state index is 12.6. The lowest BCUT2D eigenvalue weighted by Crippen LogP contribution is -2.58. The van der Waals surface area contributed by atoms with Crippen LogP contribution >= 0.6 is 11.6 Å². The lowest BCUT2D eigenvalue weighted by molar-refractivity contribution is -0.140. The van der Waals surface area contributed by atoms with Crippen LogP contribution in [0.5, 0.6) is 0 Å². The number of unbranched alkanes of at least 4 members (excludes halogenated alkanes) is 1. The van der Waals surface area contributed by atoms with Crippen molar-refractivity contribution in [2.75, 3.05) is 24.5 Å². The number of amides is 3. The average Bonchev–Trinajstić information content (AvgIpc) is 2.61. The minimum Gasteiger partial charge on any atom is -0.356 e. The zero-order valence-corrected chi connectivity index (χ0v) is 16.1. The van der Waals surface area contributed by atoms with Gasteiger partial charge in [0.2, 0.25) is 17.7 Å². The second kappa shape index (κ2) is 9.57. The van der Waals surface area contributed by atoms with Crippen LogP contribution in [0.3, 0.4) is 0 Å². The van der Waals surface area contributed by atoms with E-state index in [0.717, 1.165) is 24.9 Å². The number of halogens is 1. The number of nitrogens with zero attached hydrogens (tertiary/aromatic N) is 2. The van der Waals surface area contributed by atoms with Gasteiger partial charge in [-0.3, -0.25) is 14.4 Å². The third-order valence-corrected chi connectivity index (χ3v) is 4.76. The highest BCUT2D eigenvalue weighted by Gasteiger charge is 2.34. The molecule has 0 radical (unpaired) electrons. The van der Waals surface area contributed by atoms with Gasteiger partial charge in [-0.2, -0.15) is 0 Å². The molecular weight excluding hydrogens is 354 g/mol. The number of carbonyl (C=O) groups excluding carboxylic acids is 3. The molecule has 2 rings (SSSR count). The summed E-state index contributed by atoms with van der Waals surface area (Å²) in [5, 5.41) is 3.25. The van der Waals surface area contributed by atoms with Gasteiger partial charge in [0.25, 0.3) is 0 Å². The fourth-order valence-electron chi connectivity index (χ4n) is 3.11. The molecule has 1 heterocycles. The average molecular weight is 380 g/mol. The van der Waals surface area contributed by atoms with Crippen molar-refractivity contribution in [1.82, 2.24) is 10.2 Å². The molecule has 0 bridgehead atoms. The fraction of sp³-hybridized carbons (Fsp3) is 0.526. The first-order chi connectivity index (χ1) is 12.4. The second-order valence-electron chi connectivity index (χ2n) is 6.53. The van der Waals surface area contributed by atoms with E-state index >= 15 is 0 Å². The molecule has 0 spiro atoms. The molecule has 1 aromatic rings. The summed E-state index contributed by atoms with van der Waals surface area (Å²) >= 11 is 5.93. The van der Waals surface area contributed by atoms with Crippen molar-refractivity contribution in [2.24, 2.45) is 0 Å². The summed E-state index contributed by atoms with van der Waals surface area (Å²) in [6, 6.07) is 7.15. The van der Waals surface area contributed by atoms with Gasteiger partial charge in [0.15, 0.2) is 0 Å². The van der Waals surface area contributed by atoms with Crippen LogP contribution in [0.2, 0.25) is 5.02 Å². The van der Waals surface area contributed by atoms with Crippen molar-refractivity contribution < 1.29 is 14.4 Å². The van der Waals surface area contributed by atoms with Crippen LogP contribution in [0.15, 0.2) is 24.3 Å². The Bertz CT molecular complexity index is 648. The highest BCUT2D eigenvalue weighted by Crippen LogP contribution is 2.24. The Labute approximate surface area is 159 Å². The Morgan fingerprint density at radius 1 is 1.27 bits per heavy atom. The molecule has 1 aliphatic rings. The predicted octanol–water partition coefficient (Wildman–Crippen LogP) is 2.60. The molecular formula is C19H26ClN3O3. The Hall–Kier alpha value is -2.08. The van der Waals surface area contributed by atoms with Gasteiger partial charge in [0.05, 0.1) is 6.04 Å². The zero-order chi connectivity index (χ0) is 19.1. The van der Waals surface area contributed by atoms with Gasteiger partial charge in [0, 0.05) is 37.1 Å². The van der Waals surface area contributed by atoms with Crippen molar-refractivity contribution >= 4 is 35.0 Å². The van der Waals surface area contributed by atoms with Crippen molar-refractivity contribution in [3.05, 3.63) is 29.3 Å². The Morgan fingerprint density at radius 2 is 1.96 bits per heavy atom. The first-order valence-corrected chi connectivity index (χ1v) is 9.40. The monoisotopic (exact) mass is 379 g/mol. The van der Waals surface area contributed by atoms with Crippen LogP contribution in [0.4, 0.5) is 5.69 Å². The molecule has 1 saturated heterocycles. The van der Waals surface area contributed by atoms with Crippen LogP contribution in [-0.2, 0) is 14.4 Å². The summed E-state index contributed by atoms with van der Waals surface area (Å²) in [7, 11) is 0. The van der Waals surface area contributed by atoms with E-state index in [9.17, 15) is 14.4 Å². The number of nitrogens with one attached hydrogen (secondary N) is 1. The molecule has 1 aromatic carbocycles. The Balaban J connectivity index is 2.09. The molecule has 26 heavy (non-hydrogen) atoms. The molecule has 1 unspecified atom stereocenters. The van der Waals surface area contributed by atoms with Crippen LogP contribution in [0.25, 0.3) is 0 Å². The van der Waals surface area contributed by atoms with Gasteiger partial charge in [-0.15, -0.1) is 0 Å². The minimum absolute atomic E-state index is 0.0202. The summed E-state index contributed by atoms with van der Waals surface area (Å²) in [5.74, 6) is -0.360. The zero-order valence-electron chi connectivity index (χ0n) is 15.3. The molecule has 142 valence electrons. The van der Waals surface area contributed by atoms with E-state index < -0.39 is 0 Å². The largest absolute Gasteiger partial charge is 0.356 e. The number of hydrogen-bond acceptors (Lipinski definition) is 3. The van der Waals surface area contributed by atoms with Crippen LogP contribution in [0.1, 0.15) is 39.5 Å². The van der Waals surface area contributed by atoms with E-state index in [2.05, 4.69) is 12.2 Å². The van der Waals surface area contributed by atoms with Gasteiger partial charge in [-0.1, -0.05) is 31.4 Å². The topological polar surface area (TPSA) is 69.7 Å². The second-order valence-corrected chi connectivity index (χ2v) is 6.97. The maximum Gasteiger partial charge on any atom is 0.246 e. The third-order valence-electron chi connectivity index (χ3n) is 4.50. The lowest BCUT2D eigenvalue weighted by atomic mass is 10.0. The van der Waals surface area contributed by atoms with E-state index in [1.165, 1.54) is 6.92 Å². The number of benzene rings is 1. The van der Waals surface area contributed by atoms with E-state index in [4.69, 9.17) is 11.6 Å². The van der Waals surface area contributed by atoms with Crippen LogP contribution < -0.4 is 10.2 Å². The molecule has 0 aliphatic carbocycles. The molecule has 0 saturated carbocycles. The quantitative estimate of drug-likeness (QED) is 0.791. The third kappa shape index (κ3) is 5.46. The summed E-state index contributed by atoms with van der Waals surface area (Å²) in [6.07, 6.45) is 3.07. The first kappa shape index (κ1) is 20.2. The van der Waals surface area contributed by atoms with E-state index in [1.807, 2.05) is 12.1 Å². The summed E-state index contributed by atoms with van der Waals surface area (Å²) in [6.45, 7) is 4.36. The molecule has 3 amide bonds. The molecule has 7 heteroatoms. The van der Waals surface area contributed by atoms with E-state index in [0.29, 0.717) is 18.1 Å². The SMILES string of the molecule is CCCCC1CN(c2ccc(Cl)cc2)C(=O)CN1C(=O)CCNC(C)=O. The van der Waals surface area contributed by atoms with Gasteiger partial charge in [-0.25, -0.2) is 0 Å². The number of hydrogen-bond donors (Lipinski definition) is 1. The molecule has 1 aliphatic heterocycles. The minimum atomic E-state index is -0.163. The van der Waals surface area contributed by atoms with Gasteiger partial charge in [-0.05, 0) is 30.7 Å². The standard InChI is InChI=1S/C19H26ClN3O3/c1-3-4-5-17-12-22(16-8-6-15(20)7-9-16)19(26)13-23(17)18(25)10-11-21-14(2)24/h6-9,17H,3-5,10-13H2,1-2H3,(H,21,24). The Morgan fingerprint density at radius 3 is 2.58 bits per heavy atom. The van der Waals surface area contributed by atoms with E-state index in [1.54, 1.807) is 21.9 Å². The highest BCUT2D eigenvalue weighted by atomic mass is 35.5. The van der Waals surface area contributed by atoms with Crippen molar-refractivity contribution in [1.29, 1.82) is 0 Å². The summed E-state index contributed by atoms with van der Waals surface area (Å²) in [4.78, 5) is 39.6. The summed E-state index contributed by atoms with van der Waals surface area (Å²) < 4.78 is 0. The fourth-order valence-corrected chi connectivity index (χ4v) is 3.24. The van der Waals surface area contributed by atoms with Crippen molar-refractivity contribution in [3.63, 3.8) is 0 Å². The molecule has 1 atom stereocenters. The molecule has 6 nitrogen and oxygen atoms in total. The van der Waals surface area contributed by atoms with Gasteiger partial charge >= 0.3 is 0 Å². The molecule has 1 N–H and O–H groups in total. The van der Waals surface area contributed by atoms with Crippen molar-refractivity contribution in [3.8, 4) is 0 Å². The maximum atomic E-state index is 12.6. The molecule has 0 aromatic heterocycles. The van der Waals surface area contributed by atoms with E-state index in [-0.39, 0.29) is 36.7 Å². The number of carbonyl (C=O) groups is 3. The van der Waals surface area contributed by atoms with Gasteiger partial charge in [0.1, 0.15) is 6.54 Å². The van der Waals surface area contributed by atoms with Crippen LogP contribution in [-0.4, -0.2) is 48.3 Å². The van der Waals surface area contributed by atoms with Gasteiger partial charge < -0.3 is 15.1 Å². The highest BCUT2D eigenvalue weighted by molar-refractivity contribution is 6.30. The Kier molecular flexibility index (Phi) is 7.45. The number of rotatable bonds is 7. The predicted molar refractivity (Wildman–Crippen MR) is 102 cm³/mol. The summed E-state index contributed by atoms with van der Waals surface area (Å²) in [5.41, 5.74) is 0.797. The number of anilines is 1. The normalized spacial score (nSPS) is 17.3. The number of piperazine rings is 1. The van der Waals surface area contributed by atoms with Crippen LogP contribution in [0, 0.1) is 0 Å². The smallest absolute Gasteiger partial charge is 0.246 e. The first-order valence-electron chi connectivity index (χ1n) is 9.02. The molecule has 1 fully saturated rings.